The predicted octanol–water partition coefficient (Wildman–Crippen LogP) is 6.59. The van der Waals surface area contributed by atoms with Gasteiger partial charge in [-0.25, -0.2) is 0 Å². The molecule has 36 heavy (non-hydrogen) atoms. The van der Waals surface area contributed by atoms with Crippen LogP contribution in [0.15, 0.2) is 84.4 Å². The molecule has 4 rings (SSSR count). The van der Waals surface area contributed by atoms with Crippen molar-refractivity contribution in [3.8, 4) is 0 Å². The van der Waals surface area contributed by atoms with Gasteiger partial charge >= 0.3 is 5.97 Å². The van der Waals surface area contributed by atoms with Gasteiger partial charge in [0, 0.05) is 13.1 Å². The monoisotopic (exact) mass is 483 g/mol. The van der Waals surface area contributed by atoms with E-state index in [4.69, 9.17) is 0 Å². The first-order chi connectivity index (χ1) is 17.4. The zero-order valence-electron chi connectivity index (χ0n) is 21.4. The summed E-state index contributed by atoms with van der Waals surface area (Å²) in [5, 5.41) is 20.0. The number of piperidine rings is 1. The molecular formula is C32H37NO3. The molecule has 4 nitrogen and oxygen atoms in total. The van der Waals surface area contributed by atoms with Gasteiger partial charge in [-0.1, -0.05) is 84.4 Å². The molecule has 1 fully saturated rings. The zero-order chi connectivity index (χ0) is 25.5. The van der Waals surface area contributed by atoms with Crippen LogP contribution in [-0.4, -0.2) is 40.7 Å². The molecule has 0 radical (unpaired) electrons. The number of carbonyl (C=O) groups is 1. The SMILES string of the molecule is Cc1cc(C(O)CCCN2CCC(=C(c3ccccc3)c3ccccc3)CC2)ccc1C(C)C(=O)O. The zero-order valence-corrected chi connectivity index (χ0v) is 21.4. The molecule has 2 N–H and O–H groups in total. The average molecular weight is 484 g/mol. The molecule has 3 aromatic rings. The van der Waals surface area contributed by atoms with E-state index in [0.717, 1.165) is 55.6 Å². The van der Waals surface area contributed by atoms with Gasteiger partial charge in [0.25, 0.3) is 0 Å². The third-order valence-electron chi connectivity index (χ3n) is 7.41. The van der Waals surface area contributed by atoms with E-state index in [1.807, 2.05) is 25.1 Å². The Morgan fingerprint density at radius 3 is 2.03 bits per heavy atom. The van der Waals surface area contributed by atoms with Crippen LogP contribution in [0.4, 0.5) is 0 Å². The van der Waals surface area contributed by atoms with E-state index in [0.29, 0.717) is 6.42 Å². The number of carboxylic acids is 1. The summed E-state index contributed by atoms with van der Waals surface area (Å²) in [4.78, 5) is 13.8. The van der Waals surface area contributed by atoms with Crippen molar-refractivity contribution in [1.82, 2.24) is 4.90 Å². The van der Waals surface area contributed by atoms with E-state index in [-0.39, 0.29) is 0 Å². The molecule has 1 aliphatic heterocycles. The Bertz CT molecular complexity index is 1140. The minimum atomic E-state index is -0.828. The molecule has 0 spiro atoms. The molecule has 3 aromatic carbocycles. The first-order valence-corrected chi connectivity index (χ1v) is 13.0. The minimum Gasteiger partial charge on any atom is -0.481 e. The predicted molar refractivity (Wildman–Crippen MR) is 146 cm³/mol. The lowest BCUT2D eigenvalue weighted by Crippen LogP contribution is -2.32. The summed E-state index contributed by atoms with van der Waals surface area (Å²) in [7, 11) is 0. The summed E-state index contributed by atoms with van der Waals surface area (Å²) < 4.78 is 0. The van der Waals surface area contributed by atoms with Crippen molar-refractivity contribution in [2.24, 2.45) is 0 Å². The molecule has 0 saturated carbocycles. The molecule has 0 amide bonds. The fourth-order valence-electron chi connectivity index (χ4n) is 5.28. The molecule has 0 bridgehead atoms. The van der Waals surface area contributed by atoms with Gasteiger partial charge in [0.1, 0.15) is 0 Å². The second-order valence-corrected chi connectivity index (χ2v) is 9.89. The van der Waals surface area contributed by atoms with E-state index in [1.165, 1.54) is 22.3 Å². The molecule has 0 aromatic heterocycles. The Kier molecular flexibility index (Phi) is 8.74. The van der Waals surface area contributed by atoms with Crippen LogP contribution in [-0.2, 0) is 4.79 Å². The van der Waals surface area contributed by atoms with Crippen LogP contribution >= 0.6 is 0 Å². The fraction of sp³-hybridized carbons (Fsp3) is 0.344. The first kappa shape index (κ1) is 25.9. The number of hydrogen-bond donors (Lipinski definition) is 2. The van der Waals surface area contributed by atoms with E-state index in [2.05, 4.69) is 65.6 Å². The Morgan fingerprint density at radius 1 is 0.917 bits per heavy atom. The van der Waals surface area contributed by atoms with Crippen LogP contribution < -0.4 is 0 Å². The van der Waals surface area contributed by atoms with Crippen LogP contribution in [0.1, 0.15) is 72.4 Å². The Morgan fingerprint density at radius 2 is 1.50 bits per heavy atom. The second-order valence-electron chi connectivity index (χ2n) is 9.89. The quantitative estimate of drug-likeness (QED) is 0.360. The maximum Gasteiger partial charge on any atom is 0.310 e. The van der Waals surface area contributed by atoms with Gasteiger partial charge in [0.15, 0.2) is 0 Å². The molecule has 0 aliphatic carbocycles. The number of rotatable bonds is 9. The third-order valence-corrected chi connectivity index (χ3v) is 7.41. The Balaban J connectivity index is 1.33. The number of aryl methyl sites for hydroxylation is 1. The number of nitrogens with zero attached hydrogens (tertiary/aromatic N) is 1. The lowest BCUT2D eigenvalue weighted by atomic mass is 9.88. The van der Waals surface area contributed by atoms with Gasteiger partial charge in [-0.3, -0.25) is 4.79 Å². The van der Waals surface area contributed by atoms with Crippen molar-refractivity contribution in [1.29, 1.82) is 0 Å². The van der Waals surface area contributed by atoms with Crippen molar-refractivity contribution in [2.75, 3.05) is 19.6 Å². The Hall–Kier alpha value is -3.21. The number of carboxylic acid groups (broad SMARTS) is 1. The maximum atomic E-state index is 11.3. The molecule has 1 heterocycles. The number of aliphatic carboxylic acids is 1. The van der Waals surface area contributed by atoms with Crippen molar-refractivity contribution < 1.29 is 15.0 Å². The average Bonchev–Trinajstić information content (AvgIpc) is 2.90. The number of likely N-dealkylation sites (tertiary alicyclic amines) is 1. The van der Waals surface area contributed by atoms with Crippen LogP contribution in [0.5, 0.6) is 0 Å². The van der Waals surface area contributed by atoms with Crippen molar-refractivity contribution >= 4 is 11.5 Å². The van der Waals surface area contributed by atoms with Crippen LogP contribution in [0, 0.1) is 6.92 Å². The van der Waals surface area contributed by atoms with E-state index < -0.39 is 18.0 Å². The van der Waals surface area contributed by atoms with Crippen LogP contribution in [0.25, 0.3) is 5.57 Å². The maximum absolute atomic E-state index is 11.3. The number of benzene rings is 3. The smallest absolute Gasteiger partial charge is 0.310 e. The summed E-state index contributed by atoms with van der Waals surface area (Å²) in [6.45, 7) is 6.67. The summed E-state index contributed by atoms with van der Waals surface area (Å²) >= 11 is 0. The largest absolute Gasteiger partial charge is 0.481 e. The van der Waals surface area contributed by atoms with Crippen LogP contribution in [0.3, 0.4) is 0 Å². The topological polar surface area (TPSA) is 60.8 Å². The highest BCUT2D eigenvalue weighted by Gasteiger charge is 2.20. The highest BCUT2D eigenvalue weighted by molar-refractivity contribution is 5.82. The number of aliphatic hydroxyl groups excluding tert-OH is 1. The van der Waals surface area contributed by atoms with Crippen molar-refractivity contribution in [2.45, 2.75) is 51.6 Å². The van der Waals surface area contributed by atoms with Gasteiger partial charge < -0.3 is 15.1 Å². The first-order valence-electron chi connectivity index (χ1n) is 13.0. The highest BCUT2D eigenvalue weighted by Crippen LogP contribution is 2.32. The third kappa shape index (κ3) is 6.31. The normalized spacial score (nSPS) is 15.9. The van der Waals surface area contributed by atoms with Gasteiger partial charge in [-0.2, -0.15) is 0 Å². The van der Waals surface area contributed by atoms with Crippen LogP contribution in [0.2, 0.25) is 0 Å². The summed E-state index contributed by atoms with van der Waals surface area (Å²) in [5.74, 6) is -1.37. The molecule has 4 heteroatoms. The summed E-state index contributed by atoms with van der Waals surface area (Å²) in [5.41, 5.74) is 8.07. The second kappa shape index (κ2) is 12.2. The van der Waals surface area contributed by atoms with Gasteiger partial charge in [-0.15, -0.1) is 0 Å². The molecule has 1 aliphatic rings. The molecule has 2 unspecified atom stereocenters. The van der Waals surface area contributed by atoms with Gasteiger partial charge in [-0.05, 0) is 79.5 Å². The van der Waals surface area contributed by atoms with Crippen molar-refractivity contribution in [3.05, 3.63) is 112 Å². The number of aliphatic hydroxyl groups is 1. The van der Waals surface area contributed by atoms with E-state index in [1.54, 1.807) is 6.92 Å². The van der Waals surface area contributed by atoms with Crippen molar-refractivity contribution in [3.63, 3.8) is 0 Å². The lowest BCUT2D eigenvalue weighted by molar-refractivity contribution is -0.138. The molecule has 188 valence electrons. The van der Waals surface area contributed by atoms with E-state index in [9.17, 15) is 15.0 Å². The summed E-state index contributed by atoms with van der Waals surface area (Å²) in [6, 6.07) is 27.1. The van der Waals surface area contributed by atoms with E-state index >= 15 is 0 Å². The summed E-state index contributed by atoms with van der Waals surface area (Å²) in [6.07, 6.45) is 3.22. The highest BCUT2D eigenvalue weighted by atomic mass is 16.4. The minimum absolute atomic E-state index is 0.527. The lowest BCUT2D eigenvalue weighted by Gasteiger charge is -2.30. The Labute approximate surface area is 214 Å². The molecular weight excluding hydrogens is 446 g/mol. The van der Waals surface area contributed by atoms with Gasteiger partial charge in [0.2, 0.25) is 0 Å². The van der Waals surface area contributed by atoms with Gasteiger partial charge in [0.05, 0.1) is 12.0 Å². The fourth-order valence-corrected chi connectivity index (χ4v) is 5.28. The standard InChI is InChI=1S/C32H37NO3/c1-23-22-28(15-16-29(23)24(2)32(35)36)30(34)14-9-19-33-20-17-27(18-21-33)31(25-10-5-3-6-11-25)26-12-7-4-8-13-26/h3-8,10-13,15-16,22,24,30,34H,9,14,17-21H2,1-2H3,(H,35,36). The molecule has 2 atom stereocenters. The number of hydrogen-bond acceptors (Lipinski definition) is 3. The molecule has 1 saturated heterocycles.